The highest BCUT2D eigenvalue weighted by Crippen LogP contribution is 2.18. The molecule has 0 saturated heterocycles. The zero-order valence-corrected chi connectivity index (χ0v) is 15.8. The van der Waals surface area contributed by atoms with Crippen LogP contribution < -0.4 is 4.72 Å². The van der Waals surface area contributed by atoms with Crippen LogP contribution in [0.3, 0.4) is 0 Å². The van der Waals surface area contributed by atoms with Crippen molar-refractivity contribution in [2.75, 3.05) is 19.6 Å². The minimum atomic E-state index is -4.10. The fourth-order valence-corrected chi connectivity index (χ4v) is 4.49. The monoisotopic (exact) mass is 394 g/mol. The summed E-state index contributed by atoms with van der Waals surface area (Å²) in [6.45, 7) is 4.17. The minimum Gasteiger partial charge on any atom is -0.479 e. The first-order valence-corrected chi connectivity index (χ1v) is 10.4. The number of hydrogen-bond acceptors (Lipinski definition) is 6. The number of carbonyl (C=O) groups is 1. The van der Waals surface area contributed by atoms with E-state index in [4.69, 9.17) is 5.11 Å². The third kappa shape index (κ3) is 4.98. The van der Waals surface area contributed by atoms with Crippen LogP contribution in [0.2, 0.25) is 0 Å². The van der Waals surface area contributed by atoms with Gasteiger partial charge in [0.15, 0.2) is 5.60 Å². The normalized spacial score (nSPS) is 15.1. The second kappa shape index (κ2) is 7.79. The molecule has 1 atom stereocenters. The summed E-state index contributed by atoms with van der Waals surface area (Å²) < 4.78 is 52.2. The number of nitrogens with one attached hydrogen (secondary N) is 1. The van der Waals surface area contributed by atoms with Gasteiger partial charge in [-0.2, -0.15) is 4.31 Å². The quantitative estimate of drug-likeness (QED) is 0.528. The van der Waals surface area contributed by atoms with Crippen molar-refractivity contribution >= 4 is 26.0 Å². The Balaban J connectivity index is 3.04. The van der Waals surface area contributed by atoms with Crippen LogP contribution in [0.1, 0.15) is 20.8 Å². The van der Waals surface area contributed by atoms with E-state index in [9.17, 15) is 26.7 Å². The Hall–Kier alpha value is -1.53. The van der Waals surface area contributed by atoms with Gasteiger partial charge in [-0.15, -0.1) is 0 Å². The average molecular weight is 394 g/mol. The van der Waals surface area contributed by atoms with Crippen molar-refractivity contribution in [2.24, 2.45) is 0 Å². The fourth-order valence-electron chi connectivity index (χ4n) is 1.90. The molecule has 1 aromatic rings. The molecule has 0 fully saturated rings. The molecule has 142 valence electrons. The van der Waals surface area contributed by atoms with Crippen LogP contribution in [0.25, 0.3) is 0 Å². The molecular weight excluding hydrogens is 372 g/mol. The molecule has 1 unspecified atom stereocenters. The number of aliphatic carboxylic acids is 1. The predicted octanol–water partition coefficient (Wildman–Crippen LogP) is -0.169. The van der Waals surface area contributed by atoms with Gasteiger partial charge in [-0.3, -0.25) is 0 Å². The van der Waals surface area contributed by atoms with Crippen LogP contribution in [0.4, 0.5) is 0 Å². The van der Waals surface area contributed by atoms with Crippen molar-refractivity contribution in [3.63, 3.8) is 0 Å². The molecule has 3 N–H and O–H groups in total. The Morgan fingerprint density at radius 1 is 1.08 bits per heavy atom. The van der Waals surface area contributed by atoms with Crippen LogP contribution in [0, 0.1) is 0 Å². The van der Waals surface area contributed by atoms with Crippen molar-refractivity contribution in [3.8, 4) is 0 Å². The van der Waals surface area contributed by atoms with Crippen LogP contribution in [0.5, 0.6) is 0 Å². The second-order valence-corrected chi connectivity index (χ2v) is 9.17. The largest absolute Gasteiger partial charge is 0.479 e. The van der Waals surface area contributed by atoms with Crippen molar-refractivity contribution < 1.29 is 31.8 Å². The van der Waals surface area contributed by atoms with Gasteiger partial charge < -0.3 is 10.2 Å². The third-order valence-electron chi connectivity index (χ3n) is 3.54. The highest BCUT2D eigenvalue weighted by atomic mass is 32.2. The Kier molecular flexibility index (Phi) is 6.70. The maximum absolute atomic E-state index is 12.4. The van der Waals surface area contributed by atoms with Crippen LogP contribution >= 0.6 is 0 Å². The lowest BCUT2D eigenvalue weighted by Gasteiger charge is -2.19. The molecular formula is C14H22N2O7S2. The maximum atomic E-state index is 12.4. The van der Waals surface area contributed by atoms with Gasteiger partial charge in [0.2, 0.25) is 20.0 Å². The molecule has 25 heavy (non-hydrogen) atoms. The minimum absolute atomic E-state index is 0.0484. The van der Waals surface area contributed by atoms with Crippen LogP contribution in [0.15, 0.2) is 34.1 Å². The molecule has 0 bridgehead atoms. The highest BCUT2D eigenvalue weighted by Gasteiger charge is 2.32. The molecule has 0 radical (unpaired) electrons. The standard InChI is InChI=1S/C14H22N2O7S2/c1-4-16(5-2)25(22,23)12-8-6-11(7-9-12)24(20,21)15-10-14(3,19)13(17)18/h6-9,15,19H,4-5,10H2,1-3H3,(H,17,18). The van der Waals surface area contributed by atoms with E-state index in [1.807, 2.05) is 4.72 Å². The van der Waals surface area contributed by atoms with Gasteiger partial charge in [-0.25, -0.2) is 26.4 Å². The number of hydrogen-bond donors (Lipinski definition) is 3. The topological polar surface area (TPSA) is 141 Å². The van der Waals surface area contributed by atoms with E-state index in [0.29, 0.717) is 0 Å². The first-order chi connectivity index (χ1) is 11.4. The molecule has 1 rings (SSSR count). The molecule has 0 aliphatic carbocycles. The summed E-state index contributed by atoms with van der Waals surface area (Å²) in [4.78, 5) is 10.5. The molecule has 0 aromatic heterocycles. The Morgan fingerprint density at radius 3 is 1.92 bits per heavy atom. The van der Waals surface area contributed by atoms with E-state index < -0.39 is 38.2 Å². The Morgan fingerprint density at radius 2 is 1.52 bits per heavy atom. The van der Waals surface area contributed by atoms with Crippen LogP contribution in [-0.4, -0.2) is 62.6 Å². The summed E-state index contributed by atoms with van der Waals surface area (Å²) >= 11 is 0. The number of aliphatic hydroxyl groups is 1. The maximum Gasteiger partial charge on any atom is 0.336 e. The van der Waals surface area contributed by atoms with Crippen molar-refractivity contribution in [1.82, 2.24) is 9.03 Å². The van der Waals surface area contributed by atoms with E-state index in [-0.39, 0.29) is 22.9 Å². The zero-order chi connectivity index (χ0) is 19.5. The number of carboxylic acid groups (broad SMARTS) is 1. The lowest BCUT2D eigenvalue weighted by molar-refractivity contribution is -0.155. The fraction of sp³-hybridized carbons (Fsp3) is 0.500. The third-order valence-corrected chi connectivity index (χ3v) is 7.03. The van der Waals surface area contributed by atoms with Crippen molar-refractivity contribution in [1.29, 1.82) is 0 Å². The zero-order valence-electron chi connectivity index (χ0n) is 14.1. The lowest BCUT2D eigenvalue weighted by atomic mass is 10.1. The summed E-state index contributed by atoms with van der Waals surface area (Å²) in [6.07, 6.45) is 0. The molecule has 0 amide bonds. The molecule has 0 aliphatic heterocycles. The highest BCUT2D eigenvalue weighted by molar-refractivity contribution is 7.89. The van der Waals surface area contributed by atoms with Crippen molar-refractivity contribution in [2.45, 2.75) is 36.2 Å². The number of carboxylic acids is 1. The van der Waals surface area contributed by atoms with Gasteiger partial charge in [0.1, 0.15) is 0 Å². The number of rotatable bonds is 9. The number of benzene rings is 1. The summed E-state index contributed by atoms with van der Waals surface area (Å²) in [5.74, 6) is -1.57. The average Bonchev–Trinajstić information content (AvgIpc) is 2.54. The summed E-state index contributed by atoms with van der Waals surface area (Å²) in [5.41, 5.74) is -2.26. The summed E-state index contributed by atoms with van der Waals surface area (Å²) in [6, 6.07) is 4.54. The molecule has 1 aromatic carbocycles. The van der Waals surface area contributed by atoms with E-state index in [1.54, 1.807) is 13.8 Å². The van der Waals surface area contributed by atoms with Gasteiger partial charge in [0.25, 0.3) is 0 Å². The smallest absolute Gasteiger partial charge is 0.336 e. The van der Waals surface area contributed by atoms with Gasteiger partial charge in [0, 0.05) is 13.1 Å². The Labute approximate surface area is 147 Å². The van der Waals surface area contributed by atoms with E-state index in [2.05, 4.69) is 0 Å². The van der Waals surface area contributed by atoms with E-state index >= 15 is 0 Å². The van der Waals surface area contributed by atoms with Crippen molar-refractivity contribution in [3.05, 3.63) is 24.3 Å². The number of sulfonamides is 2. The number of nitrogens with zero attached hydrogens (tertiary/aromatic N) is 1. The first kappa shape index (κ1) is 21.5. The van der Waals surface area contributed by atoms with Gasteiger partial charge in [-0.1, -0.05) is 13.8 Å². The molecule has 0 spiro atoms. The molecule has 0 saturated carbocycles. The van der Waals surface area contributed by atoms with E-state index in [1.165, 1.54) is 4.31 Å². The van der Waals surface area contributed by atoms with Crippen LogP contribution in [-0.2, 0) is 24.8 Å². The SMILES string of the molecule is CCN(CC)S(=O)(=O)c1ccc(S(=O)(=O)NCC(C)(O)C(=O)O)cc1. The van der Waals surface area contributed by atoms with E-state index in [0.717, 1.165) is 31.2 Å². The first-order valence-electron chi connectivity index (χ1n) is 7.44. The summed E-state index contributed by atoms with van der Waals surface area (Å²) in [7, 11) is -7.81. The lowest BCUT2D eigenvalue weighted by Crippen LogP contribution is -2.46. The summed E-state index contributed by atoms with van der Waals surface area (Å²) in [5, 5.41) is 18.3. The molecule has 9 nitrogen and oxygen atoms in total. The molecule has 0 heterocycles. The van der Waals surface area contributed by atoms with Gasteiger partial charge in [-0.05, 0) is 31.2 Å². The predicted molar refractivity (Wildman–Crippen MR) is 90.0 cm³/mol. The molecule has 11 heteroatoms. The Bertz CT molecular complexity index is 811. The second-order valence-electron chi connectivity index (χ2n) is 5.46. The van der Waals surface area contributed by atoms with Gasteiger partial charge >= 0.3 is 5.97 Å². The molecule has 0 aliphatic rings. The van der Waals surface area contributed by atoms with Gasteiger partial charge in [0.05, 0.1) is 16.3 Å².